The molecule has 0 unspecified atom stereocenters. The molecule has 0 spiro atoms. The molecule has 0 fully saturated rings. The number of carbonyl (C=O) groups is 2. The Morgan fingerprint density at radius 2 is 1.80 bits per heavy atom. The molecule has 178 valence electrons. The summed E-state index contributed by atoms with van der Waals surface area (Å²) in [6.07, 6.45) is 0.667. The summed E-state index contributed by atoms with van der Waals surface area (Å²) in [6, 6.07) is 18.2. The number of amides is 2. The minimum absolute atomic E-state index is 0.0484. The van der Waals surface area contributed by atoms with Gasteiger partial charge in [0.15, 0.2) is 0 Å². The molecule has 5 rings (SSSR count). The third-order valence-electron chi connectivity index (χ3n) is 5.90. The predicted octanol–water partition coefficient (Wildman–Crippen LogP) is 5.48. The van der Waals surface area contributed by atoms with Gasteiger partial charge in [0.25, 0.3) is 11.8 Å². The van der Waals surface area contributed by atoms with Crippen LogP contribution in [0.5, 0.6) is 11.5 Å². The van der Waals surface area contributed by atoms with Crippen LogP contribution in [0.15, 0.2) is 70.5 Å². The number of furan rings is 1. The van der Waals surface area contributed by atoms with E-state index >= 15 is 0 Å². The van der Waals surface area contributed by atoms with Crippen molar-refractivity contribution in [3.05, 3.63) is 87.8 Å². The van der Waals surface area contributed by atoms with Gasteiger partial charge in [-0.3, -0.25) is 9.59 Å². The second kappa shape index (κ2) is 9.68. The topological polar surface area (TPSA) is 81.0 Å². The standard InChI is InChI=1S/C27H24N2O5S/c1-32-21-12-18(13-22(15-21)33-2)26(30)28-20-6-3-5-17(11-20)24-14-19-16-29(9-8-23(19)34-24)27(31)25-7-4-10-35-25/h3-7,10-15H,8-9,16H2,1-2H3,(H,28,30). The van der Waals surface area contributed by atoms with Gasteiger partial charge in [-0.15, -0.1) is 11.3 Å². The number of anilines is 1. The van der Waals surface area contributed by atoms with Crippen molar-refractivity contribution in [1.29, 1.82) is 0 Å². The van der Waals surface area contributed by atoms with Crippen molar-refractivity contribution in [2.24, 2.45) is 0 Å². The molecule has 4 aromatic rings. The number of nitrogens with one attached hydrogen (secondary N) is 1. The quantitative estimate of drug-likeness (QED) is 0.389. The molecule has 0 aliphatic carbocycles. The number of nitrogens with zero attached hydrogens (tertiary/aromatic N) is 1. The van der Waals surface area contributed by atoms with Crippen molar-refractivity contribution in [2.45, 2.75) is 13.0 Å². The molecule has 0 atom stereocenters. The van der Waals surface area contributed by atoms with E-state index in [9.17, 15) is 9.59 Å². The number of hydrogen-bond acceptors (Lipinski definition) is 6. The fraction of sp³-hybridized carbons (Fsp3) is 0.185. The van der Waals surface area contributed by atoms with E-state index in [1.54, 1.807) is 32.4 Å². The molecule has 1 aliphatic rings. The fourth-order valence-electron chi connectivity index (χ4n) is 4.10. The summed E-state index contributed by atoms with van der Waals surface area (Å²) < 4.78 is 16.7. The number of ether oxygens (including phenoxy) is 2. The van der Waals surface area contributed by atoms with Crippen molar-refractivity contribution < 1.29 is 23.5 Å². The molecule has 0 radical (unpaired) electrons. The van der Waals surface area contributed by atoms with E-state index in [0.717, 1.165) is 21.8 Å². The lowest BCUT2D eigenvalue weighted by Crippen LogP contribution is -2.35. The second-order valence-electron chi connectivity index (χ2n) is 8.15. The first kappa shape index (κ1) is 22.7. The number of carbonyl (C=O) groups excluding carboxylic acids is 2. The molecule has 2 aromatic carbocycles. The summed E-state index contributed by atoms with van der Waals surface area (Å²) in [7, 11) is 3.08. The highest BCUT2D eigenvalue weighted by Gasteiger charge is 2.25. The van der Waals surface area contributed by atoms with Gasteiger partial charge < -0.3 is 24.1 Å². The normalized spacial score (nSPS) is 12.7. The molecular formula is C27H24N2O5S. The Morgan fingerprint density at radius 1 is 1.00 bits per heavy atom. The van der Waals surface area contributed by atoms with Crippen LogP contribution in [0.1, 0.15) is 31.4 Å². The molecule has 2 aromatic heterocycles. The van der Waals surface area contributed by atoms with Gasteiger partial charge in [-0.1, -0.05) is 18.2 Å². The van der Waals surface area contributed by atoms with Crippen molar-refractivity contribution >= 4 is 28.8 Å². The molecular weight excluding hydrogens is 464 g/mol. The average molecular weight is 489 g/mol. The molecule has 0 bridgehead atoms. The van der Waals surface area contributed by atoms with Gasteiger partial charge in [-0.25, -0.2) is 0 Å². The Bertz CT molecular complexity index is 1350. The molecule has 3 heterocycles. The van der Waals surface area contributed by atoms with Crippen LogP contribution in [0, 0.1) is 0 Å². The Hall–Kier alpha value is -4.04. The summed E-state index contributed by atoms with van der Waals surface area (Å²) >= 11 is 1.45. The van der Waals surface area contributed by atoms with Crippen molar-refractivity contribution in [2.75, 3.05) is 26.1 Å². The molecule has 0 saturated carbocycles. The van der Waals surface area contributed by atoms with Gasteiger partial charge >= 0.3 is 0 Å². The van der Waals surface area contributed by atoms with E-state index in [1.165, 1.54) is 11.3 Å². The second-order valence-corrected chi connectivity index (χ2v) is 9.10. The van der Waals surface area contributed by atoms with Gasteiger partial charge in [0.2, 0.25) is 0 Å². The summed E-state index contributed by atoms with van der Waals surface area (Å²) in [6.45, 7) is 1.14. The van der Waals surface area contributed by atoms with Gasteiger partial charge in [0.1, 0.15) is 23.0 Å². The number of methoxy groups -OCH3 is 2. The van der Waals surface area contributed by atoms with E-state index in [-0.39, 0.29) is 11.8 Å². The van der Waals surface area contributed by atoms with Crippen LogP contribution < -0.4 is 14.8 Å². The van der Waals surface area contributed by atoms with Crippen LogP contribution in [0.4, 0.5) is 5.69 Å². The first-order valence-corrected chi connectivity index (χ1v) is 12.0. The Morgan fingerprint density at radius 3 is 2.51 bits per heavy atom. The molecule has 1 N–H and O–H groups in total. The summed E-state index contributed by atoms with van der Waals surface area (Å²) in [5.41, 5.74) is 2.92. The zero-order valence-corrected chi connectivity index (χ0v) is 20.2. The summed E-state index contributed by atoms with van der Waals surface area (Å²) in [5, 5.41) is 4.84. The Balaban J connectivity index is 1.33. The van der Waals surface area contributed by atoms with Crippen LogP contribution in [-0.2, 0) is 13.0 Å². The monoisotopic (exact) mass is 488 g/mol. The minimum Gasteiger partial charge on any atom is -0.497 e. The number of benzene rings is 2. The molecule has 2 amide bonds. The van der Waals surface area contributed by atoms with Crippen molar-refractivity contribution in [3.63, 3.8) is 0 Å². The molecule has 35 heavy (non-hydrogen) atoms. The molecule has 1 aliphatic heterocycles. The highest BCUT2D eigenvalue weighted by molar-refractivity contribution is 7.12. The third-order valence-corrected chi connectivity index (χ3v) is 6.76. The predicted molar refractivity (Wildman–Crippen MR) is 134 cm³/mol. The van der Waals surface area contributed by atoms with Gasteiger partial charge in [0, 0.05) is 48.0 Å². The lowest BCUT2D eigenvalue weighted by atomic mass is 10.1. The van der Waals surface area contributed by atoms with E-state index in [4.69, 9.17) is 13.9 Å². The maximum Gasteiger partial charge on any atom is 0.264 e. The van der Waals surface area contributed by atoms with Crippen molar-refractivity contribution in [3.8, 4) is 22.8 Å². The van der Waals surface area contributed by atoms with Gasteiger partial charge in [-0.2, -0.15) is 0 Å². The van der Waals surface area contributed by atoms with Crippen LogP contribution >= 0.6 is 11.3 Å². The molecule has 8 heteroatoms. The average Bonchev–Trinajstić information content (AvgIpc) is 3.58. The highest BCUT2D eigenvalue weighted by atomic mass is 32.1. The summed E-state index contributed by atoms with van der Waals surface area (Å²) in [4.78, 5) is 28.2. The highest BCUT2D eigenvalue weighted by Crippen LogP contribution is 2.32. The van der Waals surface area contributed by atoms with E-state index in [2.05, 4.69) is 5.32 Å². The molecule has 0 saturated heterocycles. The first-order valence-electron chi connectivity index (χ1n) is 11.1. The largest absolute Gasteiger partial charge is 0.497 e. The Labute approximate surface area is 206 Å². The smallest absolute Gasteiger partial charge is 0.264 e. The van der Waals surface area contributed by atoms with E-state index < -0.39 is 0 Å². The lowest BCUT2D eigenvalue weighted by molar-refractivity contribution is 0.0734. The zero-order valence-electron chi connectivity index (χ0n) is 19.4. The SMILES string of the molecule is COc1cc(OC)cc(C(=O)Nc2cccc(-c3cc4c(o3)CCN(C(=O)c3cccs3)C4)c2)c1. The van der Waals surface area contributed by atoms with Crippen LogP contribution in [0.2, 0.25) is 0 Å². The van der Waals surface area contributed by atoms with Crippen LogP contribution in [0.3, 0.4) is 0 Å². The number of thiophene rings is 1. The van der Waals surface area contributed by atoms with Gasteiger partial charge in [-0.05, 0) is 41.8 Å². The minimum atomic E-state index is -0.277. The number of hydrogen-bond donors (Lipinski definition) is 1. The lowest BCUT2D eigenvalue weighted by Gasteiger charge is -2.25. The molecule has 7 nitrogen and oxygen atoms in total. The number of rotatable bonds is 6. The zero-order chi connectivity index (χ0) is 24.4. The van der Waals surface area contributed by atoms with Crippen LogP contribution in [0.25, 0.3) is 11.3 Å². The Kier molecular flexibility index (Phi) is 6.29. The third kappa shape index (κ3) is 4.79. The van der Waals surface area contributed by atoms with Gasteiger partial charge in [0.05, 0.1) is 19.1 Å². The maximum absolute atomic E-state index is 12.9. The van der Waals surface area contributed by atoms with E-state index in [1.807, 2.05) is 52.7 Å². The maximum atomic E-state index is 12.9. The van der Waals surface area contributed by atoms with E-state index in [0.29, 0.717) is 48.0 Å². The van der Waals surface area contributed by atoms with Crippen LogP contribution in [-0.4, -0.2) is 37.5 Å². The van der Waals surface area contributed by atoms with Crippen molar-refractivity contribution in [1.82, 2.24) is 4.90 Å². The fourth-order valence-corrected chi connectivity index (χ4v) is 4.79. The number of fused-ring (bicyclic) bond motifs is 1. The first-order chi connectivity index (χ1) is 17.0. The summed E-state index contributed by atoms with van der Waals surface area (Å²) in [5.74, 6) is 2.45.